The van der Waals surface area contributed by atoms with Crippen LogP contribution in [0.2, 0.25) is 0 Å². The first-order chi connectivity index (χ1) is 20.7. The zero-order chi connectivity index (χ0) is 30.1. The van der Waals surface area contributed by atoms with Crippen molar-refractivity contribution < 1.29 is 27.6 Å². The maximum absolute atomic E-state index is 14.0. The highest BCUT2D eigenvalue weighted by atomic mass is 32.2. The number of likely N-dealkylation sites (tertiary alicyclic amines) is 1. The second kappa shape index (κ2) is 11.9. The molecule has 220 valence electrons. The molecule has 43 heavy (non-hydrogen) atoms. The minimum Gasteiger partial charge on any atom is -0.340 e. The topological polar surface area (TPSA) is 134 Å². The van der Waals surface area contributed by atoms with Crippen molar-refractivity contribution in [3.05, 3.63) is 99.8 Å². The van der Waals surface area contributed by atoms with Crippen molar-refractivity contribution in [1.82, 2.24) is 19.5 Å². The van der Waals surface area contributed by atoms with E-state index in [2.05, 4.69) is 10.3 Å². The number of thiophene rings is 2. The Balaban J connectivity index is 1.21. The first-order valence-electron chi connectivity index (χ1n) is 13.5. The molecule has 0 spiro atoms. The van der Waals surface area contributed by atoms with E-state index in [0.717, 1.165) is 25.8 Å². The number of carbonyl (C=O) groups is 4. The highest BCUT2D eigenvalue weighted by molar-refractivity contribution is 8.04. The van der Waals surface area contributed by atoms with Crippen LogP contribution < -0.4 is 5.32 Å². The largest absolute Gasteiger partial charge is 0.340 e. The molecule has 2 saturated heterocycles. The van der Waals surface area contributed by atoms with Gasteiger partial charge in [0.25, 0.3) is 21.0 Å². The van der Waals surface area contributed by atoms with E-state index in [9.17, 15) is 27.6 Å². The van der Waals surface area contributed by atoms with Gasteiger partial charge < -0.3 is 10.2 Å². The van der Waals surface area contributed by atoms with Gasteiger partial charge in [-0.15, -0.1) is 22.7 Å². The number of ketones is 1. The Kier molecular flexibility index (Phi) is 8.05. The minimum atomic E-state index is -4.54. The van der Waals surface area contributed by atoms with Gasteiger partial charge in [0.2, 0.25) is 5.91 Å². The zero-order valence-electron chi connectivity index (χ0n) is 22.7. The molecule has 3 atom stereocenters. The summed E-state index contributed by atoms with van der Waals surface area (Å²) in [6, 6.07) is 14.6. The van der Waals surface area contributed by atoms with E-state index in [1.165, 1.54) is 34.6 Å². The number of rotatable bonds is 8. The number of pyridine rings is 1. The SMILES string of the molecule is O=C(NC(Cc1cccs1)C(=O)N1CCC2C1C(=O)CN2S(=O)(=O)C(=O)c1cccnc1)c1ccc(-c2cccs2)cc1. The van der Waals surface area contributed by atoms with E-state index in [1.54, 1.807) is 23.5 Å². The molecule has 13 heteroatoms. The van der Waals surface area contributed by atoms with Gasteiger partial charge in [-0.2, -0.15) is 4.31 Å². The summed E-state index contributed by atoms with van der Waals surface area (Å²) in [7, 11) is -4.54. The van der Waals surface area contributed by atoms with E-state index in [0.29, 0.717) is 5.56 Å². The smallest absolute Gasteiger partial charge is 0.293 e. The number of benzene rings is 1. The second-order valence-electron chi connectivity index (χ2n) is 10.2. The van der Waals surface area contributed by atoms with Crippen LogP contribution >= 0.6 is 22.7 Å². The number of sulfonamides is 1. The molecule has 0 aliphatic carbocycles. The molecule has 1 N–H and O–H groups in total. The summed E-state index contributed by atoms with van der Waals surface area (Å²) < 4.78 is 27.5. The van der Waals surface area contributed by atoms with E-state index >= 15 is 0 Å². The Hall–Kier alpha value is -4.04. The zero-order valence-corrected chi connectivity index (χ0v) is 25.1. The first-order valence-corrected chi connectivity index (χ1v) is 16.7. The number of Topliss-reactive ketones (excluding diaryl/α,β-unsaturated/α-hetero) is 1. The minimum absolute atomic E-state index is 0.105. The number of carbonyl (C=O) groups excluding carboxylic acids is 4. The average molecular weight is 635 g/mol. The molecule has 10 nitrogen and oxygen atoms in total. The molecule has 2 aliphatic heterocycles. The maximum atomic E-state index is 14.0. The Morgan fingerprint density at radius 3 is 2.42 bits per heavy atom. The summed E-state index contributed by atoms with van der Waals surface area (Å²) in [4.78, 5) is 60.5. The fraction of sp³-hybridized carbons (Fsp3) is 0.233. The summed E-state index contributed by atoms with van der Waals surface area (Å²) in [5, 5.41) is 5.55. The molecule has 0 radical (unpaired) electrons. The molecule has 6 rings (SSSR count). The van der Waals surface area contributed by atoms with Gasteiger partial charge in [0.15, 0.2) is 5.78 Å². The van der Waals surface area contributed by atoms with Crippen molar-refractivity contribution in [3.8, 4) is 10.4 Å². The first kappa shape index (κ1) is 29.1. The summed E-state index contributed by atoms with van der Waals surface area (Å²) in [6.45, 7) is -0.398. The molecule has 1 aromatic carbocycles. The van der Waals surface area contributed by atoms with Gasteiger partial charge in [-0.05, 0) is 59.1 Å². The van der Waals surface area contributed by atoms with Crippen LogP contribution in [-0.4, -0.2) is 76.5 Å². The van der Waals surface area contributed by atoms with Gasteiger partial charge in [-0.3, -0.25) is 24.2 Å². The molecule has 2 fully saturated rings. The van der Waals surface area contributed by atoms with E-state index in [4.69, 9.17) is 0 Å². The van der Waals surface area contributed by atoms with Gasteiger partial charge in [0, 0.05) is 40.7 Å². The molecule has 3 unspecified atom stereocenters. The predicted molar refractivity (Wildman–Crippen MR) is 162 cm³/mol. The van der Waals surface area contributed by atoms with Gasteiger partial charge in [0.1, 0.15) is 12.1 Å². The summed E-state index contributed by atoms with van der Waals surface area (Å²) in [5.41, 5.74) is 1.25. The van der Waals surface area contributed by atoms with Crippen molar-refractivity contribution >= 4 is 55.4 Å². The third-order valence-electron chi connectivity index (χ3n) is 7.64. The lowest BCUT2D eigenvalue weighted by molar-refractivity contribution is -0.138. The number of hydrogen-bond donors (Lipinski definition) is 1. The van der Waals surface area contributed by atoms with E-state index in [1.807, 2.05) is 47.2 Å². The summed E-state index contributed by atoms with van der Waals surface area (Å²) in [5.74, 6) is -1.38. The molecule has 0 bridgehead atoms. The van der Waals surface area contributed by atoms with Gasteiger partial charge in [-0.1, -0.05) is 24.3 Å². The Bertz CT molecular complexity index is 1760. The van der Waals surface area contributed by atoms with Crippen molar-refractivity contribution in [2.45, 2.75) is 31.0 Å². The molecular weight excluding hydrogens is 609 g/mol. The Morgan fingerprint density at radius 2 is 1.74 bits per heavy atom. The van der Waals surface area contributed by atoms with Crippen LogP contribution in [0, 0.1) is 0 Å². The second-order valence-corrected chi connectivity index (χ2v) is 14.0. The fourth-order valence-electron chi connectivity index (χ4n) is 5.58. The lowest BCUT2D eigenvalue weighted by Gasteiger charge is -2.28. The van der Waals surface area contributed by atoms with E-state index in [-0.39, 0.29) is 24.9 Å². The van der Waals surface area contributed by atoms with Crippen molar-refractivity contribution in [2.24, 2.45) is 0 Å². The maximum Gasteiger partial charge on any atom is 0.293 e. The summed E-state index contributed by atoms with van der Waals surface area (Å²) in [6.07, 6.45) is 2.98. The van der Waals surface area contributed by atoms with Crippen molar-refractivity contribution in [1.29, 1.82) is 0 Å². The number of amides is 2. The molecule has 3 aromatic heterocycles. The fourth-order valence-corrected chi connectivity index (χ4v) is 8.57. The number of hydrogen-bond acceptors (Lipinski definition) is 9. The van der Waals surface area contributed by atoms with Gasteiger partial charge in [-0.25, -0.2) is 8.42 Å². The standard InChI is InChI=1S/C30H26N4O6S3/c35-25-18-34(43(39,40)30(38)21-4-1-12-31-17-21)24-11-13-33(27(24)25)29(37)23(16-22-5-2-14-41-22)32-28(36)20-9-7-19(8-10-20)26-6-3-15-42-26/h1-10,12,14-15,17,23-24,27H,11,13,16,18H2,(H,32,36). The molecule has 2 aliphatic rings. The van der Waals surface area contributed by atoms with E-state index < -0.39 is 57.4 Å². The van der Waals surface area contributed by atoms with Crippen LogP contribution in [0.5, 0.6) is 0 Å². The van der Waals surface area contributed by atoms with Crippen molar-refractivity contribution in [2.75, 3.05) is 13.1 Å². The highest BCUT2D eigenvalue weighted by Crippen LogP contribution is 2.33. The predicted octanol–water partition coefficient (Wildman–Crippen LogP) is 3.24. The quantitative estimate of drug-likeness (QED) is 0.315. The molecule has 2 amide bonds. The third kappa shape index (κ3) is 5.68. The Labute approximate surface area is 256 Å². The number of fused-ring (bicyclic) bond motifs is 1. The molecule has 0 saturated carbocycles. The third-order valence-corrected chi connectivity index (χ3v) is 11.2. The lowest BCUT2D eigenvalue weighted by Crippen LogP contribution is -2.53. The molecule has 5 heterocycles. The van der Waals surface area contributed by atoms with Gasteiger partial charge in [0.05, 0.1) is 18.2 Å². The molecule has 4 aromatic rings. The Morgan fingerprint density at radius 1 is 0.977 bits per heavy atom. The monoisotopic (exact) mass is 634 g/mol. The van der Waals surface area contributed by atoms with Gasteiger partial charge >= 0.3 is 0 Å². The lowest BCUT2D eigenvalue weighted by atomic mass is 10.1. The highest BCUT2D eigenvalue weighted by Gasteiger charge is 2.55. The normalized spacial score (nSPS) is 19.3. The van der Waals surface area contributed by atoms with Crippen LogP contribution in [0.25, 0.3) is 10.4 Å². The average Bonchev–Trinajstić information content (AvgIpc) is 3.84. The van der Waals surface area contributed by atoms with Crippen LogP contribution in [0.15, 0.2) is 83.8 Å². The van der Waals surface area contributed by atoms with Crippen LogP contribution in [0.3, 0.4) is 0 Å². The number of nitrogens with zero attached hydrogens (tertiary/aromatic N) is 3. The number of nitrogens with one attached hydrogen (secondary N) is 1. The van der Waals surface area contributed by atoms with Crippen LogP contribution in [0.4, 0.5) is 0 Å². The number of aromatic nitrogens is 1. The summed E-state index contributed by atoms with van der Waals surface area (Å²) >= 11 is 3.03. The van der Waals surface area contributed by atoms with Crippen LogP contribution in [0.1, 0.15) is 32.0 Å². The molecular formula is C30H26N4O6S3. The van der Waals surface area contributed by atoms with Crippen LogP contribution in [-0.2, 0) is 26.0 Å². The van der Waals surface area contributed by atoms with Crippen molar-refractivity contribution in [3.63, 3.8) is 0 Å².